The highest BCUT2D eigenvalue weighted by Crippen LogP contribution is 2.23. The van der Waals surface area contributed by atoms with Crippen LogP contribution in [-0.2, 0) is 13.2 Å². The molecule has 2 aromatic rings. The molecule has 3 rings (SSSR count). The fraction of sp³-hybridized carbons (Fsp3) is 0.412. The monoisotopic (exact) mass is 271 g/mol. The second kappa shape index (κ2) is 5.71. The number of furan rings is 1. The minimum absolute atomic E-state index is 0.558. The summed E-state index contributed by atoms with van der Waals surface area (Å²) in [5.41, 5.74) is 3.55. The van der Waals surface area contributed by atoms with Gasteiger partial charge in [0.1, 0.15) is 18.1 Å². The third-order valence-electron chi connectivity index (χ3n) is 3.68. The van der Waals surface area contributed by atoms with Gasteiger partial charge >= 0.3 is 0 Å². The molecular weight excluding hydrogens is 250 g/mol. The molecule has 1 fully saturated rings. The molecule has 0 aliphatic heterocycles. The molecule has 0 spiro atoms. The van der Waals surface area contributed by atoms with E-state index in [4.69, 9.17) is 9.15 Å². The van der Waals surface area contributed by atoms with E-state index >= 15 is 0 Å². The lowest BCUT2D eigenvalue weighted by atomic mass is 10.1. The molecule has 1 aliphatic carbocycles. The number of ether oxygens (including phenoxy) is 1. The van der Waals surface area contributed by atoms with Gasteiger partial charge in [-0.15, -0.1) is 0 Å². The van der Waals surface area contributed by atoms with Crippen LogP contribution in [0.5, 0.6) is 5.75 Å². The maximum absolute atomic E-state index is 5.91. The molecule has 1 aliphatic rings. The van der Waals surface area contributed by atoms with Crippen molar-refractivity contribution in [3.8, 4) is 5.75 Å². The molecular formula is C17H21NO2. The average Bonchev–Trinajstić information content (AvgIpc) is 3.14. The van der Waals surface area contributed by atoms with Gasteiger partial charge in [0.05, 0.1) is 12.8 Å². The minimum atomic E-state index is 0.558. The van der Waals surface area contributed by atoms with Crippen molar-refractivity contribution >= 4 is 0 Å². The van der Waals surface area contributed by atoms with Gasteiger partial charge in [0, 0.05) is 11.6 Å². The SMILES string of the molecule is Cc1ccc(OCc2ccoc2CNC2CC2)c(C)c1. The van der Waals surface area contributed by atoms with E-state index in [0.29, 0.717) is 12.6 Å². The van der Waals surface area contributed by atoms with Crippen molar-refractivity contribution in [3.63, 3.8) is 0 Å². The van der Waals surface area contributed by atoms with Gasteiger partial charge in [0.15, 0.2) is 0 Å². The molecule has 0 bridgehead atoms. The molecule has 106 valence electrons. The van der Waals surface area contributed by atoms with E-state index in [-0.39, 0.29) is 0 Å². The van der Waals surface area contributed by atoms with Gasteiger partial charge in [0.25, 0.3) is 0 Å². The number of benzene rings is 1. The summed E-state index contributed by atoms with van der Waals surface area (Å²) in [7, 11) is 0. The van der Waals surface area contributed by atoms with Crippen LogP contribution in [0.4, 0.5) is 0 Å². The number of hydrogen-bond donors (Lipinski definition) is 1. The second-order valence-electron chi connectivity index (χ2n) is 5.58. The van der Waals surface area contributed by atoms with Gasteiger partial charge in [0.2, 0.25) is 0 Å². The zero-order valence-corrected chi connectivity index (χ0v) is 12.1. The van der Waals surface area contributed by atoms with Crippen LogP contribution in [-0.4, -0.2) is 6.04 Å². The molecule has 0 amide bonds. The summed E-state index contributed by atoms with van der Waals surface area (Å²) < 4.78 is 11.4. The minimum Gasteiger partial charge on any atom is -0.489 e. The van der Waals surface area contributed by atoms with Crippen molar-refractivity contribution in [2.75, 3.05) is 0 Å². The molecule has 1 aromatic carbocycles. The second-order valence-corrected chi connectivity index (χ2v) is 5.58. The van der Waals surface area contributed by atoms with Gasteiger partial charge in [-0.2, -0.15) is 0 Å². The van der Waals surface area contributed by atoms with E-state index in [1.54, 1.807) is 6.26 Å². The lowest BCUT2D eigenvalue weighted by molar-refractivity contribution is 0.299. The van der Waals surface area contributed by atoms with E-state index in [9.17, 15) is 0 Å². The first-order valence-corrected chi connectivity index (χ1v) is 7.21. The summed E-state index contributed by atoms with van der Waals surface area (Å²) in [6.45, 7) is 5.52. The standard InChI is InChI=1S/C17H21NO2/c1-12-3-6-16(13(2)9-12)20-11-14-7-8-19-17(14)10-18-15-4-5-15/h3,6-9,15,18H,4-5,10-11H2,1-2H3. The maximum atomic E-state index is 5.91. The Balaban J connectivity index is 1.61. The van der Waals surface area contributed by atoms with Crippen molar-refractivity contribution in [1.29, 1.82) is 0 Å². The first-order valence-electron chi connectivity index (χ1n) is 7.21. The average molecular weight is 271 g/mol. The largest absolute Gasteiger partial charge is 0.489 e. The zero-order valence-electron chi connectivity index (χ0n) is 12.1. The smallest absolute Gasteiger partial charge is 0.124 e. The molecule has 0 saturated heterocycles. The predicted molar refractivity (Wildman–Crippen MR) is 78.8 cm³/mol. The van der Waals surface area contributed by atoms with Gasteiger partial charge < -0.3 is 14.5 Å². The van der Waals surface area contributed by atoms with Crippen molar-refractivity contribution < 1.29 is 9.15 Å². The van der Waals surface area contributed by atoms with Crippen molar-refractivity contribution in [2.24, 2.45) is 0 Å². The number of aryl methyl sites for hydroxylation is 2. The summed E-state index contributed by atoms with van der Waals surface area (Å²) in [5, 5.41) is 3.47. The highest BCUT2D eigenvalue weighted by molar-refractivity contribution is 5.36. The van der Waals surface area contributed by atoms with Crippen LogP contribution in [0.15, 0.2) is 34.9 Å². The Morgan fingerprint density at radius 2 is 2.10 bits per heavy atom. The van der Waals surface area contributed by atoms with Gasteiger partial charge in [-0.05, 0) is 44.4 Å². The topological polar surface area (TPSA) is 34.4 Å². The Morgan fingerprint density at radius 3 is 2.85 bits per heavy atom. The molecule has 3 heteroatoms. The number of rotatable bonds is 6. The summed E-state index contributed by atoms with van der Waals surface area (Å²) >= 11 is 0. The third-order valence-corrected chi connectivity index (χ3v) is 3.68. The van der Waals surface area contributed by atoms with Crippen molar-refractivity contribution in [2.45, 2.75) is 45.9 Å². The quantitative estimate of drug-likeness (QED) is 0.869. The molecule has 20 heavy (non-hydrogen) atoms. The Hall–Kier alpha value is -1.74. The van der Waals surface area contributed by atoms with E-state index in [0.717, 1.165) is 23.6 Å². The third kappa shape index (κ3) is 3.23. The van der Waals surface area contributed by atoms with Crippen LogP contribution < -0.4 is 10.1 Å². The summed E-state index contributed by atoms with van der Waals surface area (Å²) in [6, 6.07) is 8.93. The zero-order chi connectivity index (χ0) is 13.9. The van der Waals surface area contributed by atoms with E-state index < -0.39 is 0 Å². The van der Waals surface area contributed by atoms with Crippen molar-refractivity contribution in [3.05, 3.63) is 53.0 Å². The Kier molecular flexibility index (Phi) is 3.79. The molecule has 1 aromatic heterocycles. The Bertz CT molecular complexity index is 584. The Morgan fingerprint density at radius 1 is 1.25 bits per heavy atom. The highest BCUT2D eigenvalue weighted by atomic mass is 16.5. The molecule has 3 nitrogen and oxygen atoms in total. The fourth-order valence-electron chi connectivity index (χ4n) is 2.29. The van der Waals surface area contributed by atoms with E-state index in [1.165, 1.54) is 24.0 Å². The van der Waals surface area contributed by atoms with Crippen LogP contribution >= 0.6 is 0 Å². The number of nitrogens with one attached hydrogen (secondary N) is 1. The lowest BCUT2D eigenvalue weighted by Gasteiger charge is -2.10. The van der Waals surface area contributed by atoms with Gasteiger partial charge in [-0.1, -0.05) is 17.7 Å². The van der Waals surface area contributed by atoms with Crippen LogP contribution in [0, 0.1) is 13.8 Å². The van der Waals surface area contributed by atoms with Crippen LogP contribution in [0.25, 0.3) is 0 Å². The predicted octanol–water partition coefficient (Wildman–Crippen LogP) is 3.73. The van der Waals surface area contributed by atoms with Crippen molar-refractivity contribution in [1.82, 2.24) is 5.32 Å². The first-order chi connectivity index (χ1) is 9.72. The molecule has 1 heterocycles. The van der Waals surface area contributed by atoms with Crippen LogP contribution in [0.2, 0.25) is 0 Å². The van der Waals surface area contributed by atoms with E-state index in [2.05, 4.69) is 31.3 Å². The number of hydrogen-bond acceptors (Lipinski definition) is 3. The molecule has 0 unspecified atom stereocenters. The first kappa shape index (κ1) is 13.3. The van der Waals surface area contributed by atoms with Gasteiger partial charge in [-0.25, -0.2) is 0 Å². The van der Waals surface area contributed by atoms with Gasteiger partial charge in [-0.3, -0.25) is 0 Å². The van der Waals surface area contributed by atoms with Crippen LogP contribution in [0.1, 0.15) is 35.3 Å². The maximum Gasteiger partial charge on any atom is 0.124 e. The van der Waals surface area contributed by atoms with Crippen LogP contribution in [0.3, 0.4) is 0 Å². The molecule has 1 N–H and O–H groups in total. The summed E-state index contributed by atoms with van der Waals surface area (Å²) in [4.78, 5) is 0. The normalized spacial score (nSPS) is 14.5. The molecule has 1 saturated carbocycles. The molecule has 0 radical (unpaired) electrons. The van der Waals surface area contributed by atoms with E-state index in [1.807, 2.05) is 12.1 Å². The highest BCUT2D eigenvalue weighted by Gasteiger charge is 2.21. The fourth-order valence-corrected chi connectivity index (χ4v) is 2.29. The summed E-state index contributed by atoms with van der Waals surface area (Å²) in [5.74, 6) is 1.93. The Labute approximate surface area is 119 Å². The lowest BCUT2D eigenvalue weighted by Crippen LogP contribution is -2.16. The summed E-state index contributed by atoms with van der Waals surface area (Å²) in [6.07, 6.45) is 4.31. The molecule has 0 atom stereocenters.